The smallest absolute Gasteiger partial charge is 0.246 e. The molecule has 1 amide bonds. The van der Waals surface area contributed by atoms with Gasteiger partial charge in [-0.05, 0) is 35.9 Å². The van der Waals surface area contributed by atoms with Crippen LogP contribution in [0.25, 0.3) is 6.08 Å². The summed E-state index contributed by atoms with van der Waals surface area (Å²) in [4.78, 5) is 15.9. The molecule has 0 atom stereocenters. The van der Waals surface area contributed by atoms with Gasteiger partial charge in [0.1, 0.15) is 0 Å². The zero-order valence-electron chi connectivity index (χ0n) is 13.8. The Bertz CT molecular complexity index is 838. The molecule has 26 heavy (non-hydrogen) atoms. The van der Waals surface area contributed by atoms with Crippen molar-refractivity contribution in [3.8, 4) is 0 Å². The van der Waals surface area contributed by atoms with Crippen LogP contribution < -0.4 is 0 Å². The van der Waals surface area contributed by atoms with E-state index >= 15 is 0 Å². The summed E-state index contributed by atoms with van der Waals surface area (Å²) in [6.07, 6.45) is 3.24. The first-order chi connectivity index (χ1) is 12.5. The normalized spacial score (nSPS) is 14.8. The molecule has 1 saturated heterocycles. The maximum absolute atomic E-state index is 12.2. The van der Waals surface area contributed by atoms with Crippen molar-refractivity contribution in [3.63, 3.8) is 0 Å². The van der Waals surface area contributed by atoms with Gasteiger partial charge < -0.3 is 9.64 Å². The Morgan fingerprint density at radius 2 is 1.92 bits per heavy atom. The quantitative estimate of drug-likeness (QED) is 0.528. The number of halogens is 3. The van der Waals surface area contributed by atoms with E-state index in [9.17, 15) is 4.79 Å². The molecule has 136 valence electrons. The van der Waals surface area contributed by atoms with Crippen molar-refractivity contribution in [1.29, 1.82) is 0 Å². The number of benzene rings is 2. The van der Waals surface area contributed by atoms with Crippen molar-refractivity contribution in [2.24, 2.45) is 0 Å². The average molecular weight is 473 g/mol. The van der Waals surface area contributed by atoms with Crippen LogP contribution in [-0.2, 0) is 9.53 Å². The third-order valence-corrected chi connectivity index (χ3v) is 6.38. The summed E-state index contributed by atoms with van der Waals surface area (Å²) < 4.78 is 6.26. The van der Waals surface area contributed by atoms with Gasteiger partial charge in [-0.2, -0.15) is 0 Å². The van der Waals surface area contributed by atoms with Crippen LogP contribution in [0.4, 0.5) is 0 Å². The molecule has 7 heteroatoms. The largest absolute Gasteiger partial charge is 0.378 e. The van der Waals surface area contributed by atoms with Crippen LogP contribution in [0.1, 0.15) is 5.56 Å². The first kappa shape index (κ1) is 19.8. The lowest BCUT2D eigenvalue weighted by molar-refractivity contribution is -0.129. The van der Waals surface area contributed by atoms with Crippen molar-refractivity contribution >= 4 is 62.9 Å². The van der Waals surface area contributed by atoms with Crippen LogP contribution in [0.5, 0.6) is 0 Å². The maximum atomic E-state index is 12.2. The molecule has 0 radical (unpaired) electrons. The minimum atomic E-state index is -0.0481. The number of morpholine rings is 1. The number of carbonyl (C=O) groups excluding carboxylic acids is 1. The highest BCUT2D eigenvalue weighted by molar-refractivity contribution is 9.10. The second-order valence-corrected chi connectivity index (χ2v) is 8.40. The topological polar surface area (TPSA) is 29.5 Å². The van der Waals surface area contributed by atoms with E-state index in [1.165, 1.54) is 17.8 Å². The van der Waals surface area contributed by atoms with E-state index in [-0.39, 0.29) is 5.91 Å². The molecule has 1 aliphatic rings. The van der Waals surface area contributed by atoms with Gasteiger partial charge in [0.2, 0.25) is 5.91 Å². The summed E-state index contributed by atoms with van der Waals surface area (Å²) in [5.74, 6) is -0.0481. The summed E-state index contributed by atoms with van der Waals surface area (Å²) in [6, 6.07) is 11.8. The number of rotatable bonds is 4. The van der Waals surface area contributed by atoms with Gasteiger partial charge in [-0.15, -0.1) is 0 Å². The molecule has 0 aromatic heterocycles. The lowest BCUT2D eigenvalue weighted by Crippen LogP contribution is -2.39. The van der Waals surface area contributed by atoms with E-state index < -0.39 is 0 Å². The maximum Gasteiger partial charge on any atom is 0.246 e. The molecule has 2 aromatic carbocycles. The number of carbonyl (C=O) groups is 1. The first-order valence-electron chi connectivity index (χ1n) is 8.01. The Morgan fingerprint density at radius 3 is 2.65 bits per heavy atom. The Labute approximate surface area is 175 Å². The highest BCUT2D eigenvalue weighted by Crippen LogP contribution is 2.39. The van der Waals surface area contributed by atoms with Crippen LogP contribution in [0.2, 0.25) is 10.0 Å². The van der Waals surface area contributed by atoms with E-state index in [0.717, 1.165) is 19.8 Å². The second-order valence-electron chi connectivity index (χ2n) is 5.61. The number of amides is 1. The van der Waals surface area contributed by atoms with Crippen molar-refractivity contribution in [1.82, 2.24) is 4.90 Å². The Morgan fingerprint density at radius 1 is 1.15 bits per heavy atom. The molecule has 0 saturated carbocycles. The van der Waals surface area contributed by atoms with Gasteiger partial charge >= 0.3 is 0 Å². The predicted molar refractivity (Wildman–Crippen MR) is 111 cm³/mol. The summed E-state index contributed by atoms with van der Waals surface area (Å²) in [6.45, 7) is 2.38. The molecule has 3 nitrogen and oxygen atoms in total. The van der Waals surface area contributed by atoms with Gasteiger partial charge in [-0.3, -0.25) is 4.79 Å². The highest BCUT2D eigenvalue weighted by atomic mass is 79.9. The molecule has 0 spiro atoms. The molecule has 0 aliphatic carbocycles. The minimum Gasteiger partial charge on any atom is -0.378 e. The Hall–Kier alpha value is -0.980. The first-order valence-corrected chi connectivity index (χ1v) is 10.4. The van der Waals surface area contributed by atoms with Crippen molar-refractivity contribution in [2.75, 3.05) is 26.3 Å². The second kappa shape index (κ2) is 9.29. The lowest BCUT2D eigenvalue weighted by Gasteiger charge is -2.25. The molecule has 3 rings (SSSR count). The Balaban J connectivity index is 1.74. The molecule has 2 aromatic rings. The molecule has 1 heterocycles. The van der Waals surface area contributed by atoms with Gasteiger partial charge in [0, 0.05) is 33.4 Å². The predicted octanol–water partition coefficient (Wildman–Crippen LogP) is 5.78. The fourth-order valence-electron chi connectivity index (χ4n) is 2.46. The van der Waals surface area contributed by atoms with Gasteiger partial charge in [-0.1, -0.05) is 63.0 Å². The van der Waals surface area contributed by atoms with Gasteiger partial charge in [0.15, 0.2) is 0 Å². The van der Waals surface area contributed by atoms with Crippen molar-refractivity contribution in [2.45, 2.75) is 9.79 Å². The van der Waals surface area contributed by atoms with Gasteiger partial charge in [0.25, 0.3) is 0 Å². The van der Waals surface area contributed by atoms with E-state index in [1.54, 1.807) is 11.0 Å². The fourth-order valence-corrected chi connectivity index (χ4v) is 4.50. The van der Waals surface area contributed by atoms with E-state index in [4.69, 9.17) is 27.9 Å². The third kappa shape index (κ3) is 5.05. The molecule has 1 aliphatic heterocycles. The summed E-state index contributed by atoms with van der Waals surface area (Å²) >= 11 is 17.9. The number of hydrogen-bond acceptors (Lipinski definition) is 3. The summed E-state index contributed by atoms with van der Waals surface area (Å²) in [5, 5.41) is 0.926. The molecule has 1 fully saturated rings. The lowest BCUT2D eigenvalue weighted by atomic mass is 10.2. The Kier molecular flexibility index (Phi) is 7.06. The van der Waals surface area contributed by atoms with E-state index in [0.29, 0.717) is 36.3 Å². The third-order valence-electron chi connectivity index (χ3n) is 3.83. The van der Waals surface area contributed by atoms with Gasteiger partial charge in [0.05, 0.1) is 23.3 Å². The number of hydrogen-bond donors (Lipinski definition) is 0. The van der Waals surface area contributed by atoms with Crippen LogP contribution in [0.15, 0.2) is 56.7 Å². The molecule has 0 N–H and O–H groups in total. The van der Waals surface area contributed by atoms with E-state index in [1.807, 2.05) is 36.4 Å². The zero-order valence-corrected chi connectivity index (χ0v) is 17.7. The molecular weight excluding hydrogens is 457 g/mol. The average Bonchev–Trinajstić information content (AvgIpc) is 2.65. The summed E-state index contributed by atoms with van der Waals surface area (Å²) in [5.41, 5.74) is 0.719. The highest BCUT2D eigenvalue weighted by Gasteiger charge is 2.15. The monoisotopic (exact) mass is 471 g/mol. The van der Waals surface area contributed by atoms with Crippen molar-refractivity contribution < 1.29 is 9.53 Å². The molecular formula is C19H16BrCl2NO2S. The fraction of sp³-hybridized carbons (Fsp3) is 0.211. The van der Waals surface area contributed by atoms with Crippen LogP contribution in [0.3, 0.4) is 0 Å². The minimum absolute atomic E-state index is 0.0481. The SMILES string of the molecule is O=C(C=Cc1ccc(Sc2cccc(Br)c2)c(Cl)c1Cl)N1CCOCC1. The van der Waals surface area contributed by atoms with E-state index in [2.05, 4.69) is 15.9 Å². The summed E-state index contributed by atoms with van der Waals surface area (Å²) in [7, 11) is 0. The number of nitrogens with zero attached hydrogens (tertiary/aromatic N) is 1. The zero-order chi connectivity index (χ0) is 18.5. The molecule has 0 unspecified atom stereocenters. The number of ether oxygens (including phenoxy) is 1. The van der Waals surface area contributed by atoms with Crippen LogP contribution in [0, 0.1) is 0 Å². The van der Waals surface area contributed by atoms with Crippen LogP contribution >= 0.6 is 50.9 Å². The van der Waals surface area contributed by atoms with Gasteiger partial charge in [-0.25, -0.2) is 0 Å². The van der Waals surface area contributed by atoms with Crippen molar-refractivity contribution in [3.05, 3.63) is 62.6 Å². The van der Waals surface area contributed by atoms with Crippen LogP contribution in [-0.4, -0.2) is 37.1 Å². The standard InChI is InChI=1S/C19H16BrCl2NO2S/c20-14-2-1-3-15(12-14)26-16-6-4-13(18(21)19(16)22)5-7-17(24)23-8-10-25-11-9-23/h1-7,12H,8-11H2. The molecule has 0 bridgehead atoms.